The van der Waals surface area contributed by atoms with Crippen molar-refractivity contribution >= 4 is 34.7 Å². The third-order valence-corrected chi connectivity index (χ3v) is 3.66. The molecule has 0 spiro atoms. The lowest BCUT2D eigenvalue weighted by molar-refractivity contribution is -0.384. The number of rotatable bonds is 6. The summed E-state index contributed by atoms with van der Waals surface area (Å²) >= 11 is 0. The number of nitro groups is 1. The summed E-state index contributed by atoms with van der Waals surface area (Å²) in [6.07, 6.45) is -1.16. The number of nitrogens with two attached hydrogens (primary N) is 1. The van der Waals surface area contributed by atoms with Crippen molar-refractivity contribution in [3.05, 3.63) is 63.7 Å². The molecule has 0 bridgehead atoms. The summed E-state index contributed by atoms with van der Waals surface area (Å²) in [5, 5.41) is 13.2. The number of esters is 1. The molecule has 140 valence electrons. The van der Waals surface area contributed by atoms with Crippen LogP contribution >= 0.6 is 0 Å². The number of benzene rings is 2. The van der Waals surface area contributed by atoms with Crippen LogP contribution < -0.4 is 11.1 Å². The van der Waals surface area contributed by atoms with Crippen molar-refractivity contribution in [3.63, 3.8) is 0 Å². The lowest BCUT2D eigenvalue weighted by Crippen LogP contribution is -2.30. The Kier molecular flexibility index (Phi) is 5.86. The number of ketones is 1. The van der Waals surface area contributed by atoms with Crippen LogP contribution in [0, 0.1) is 10.1 Å². The van der Waals surface area contributed by atoms with Gasteiger partial charge in [0.2, 0.25) is 0 Å². The predicted molar refractivity (Wildman–Crippen MR) is 97.5 cm³/mol. The van der Waals surface area contributed by atoms with Gasteiger partial charge in [-0.1, -0.05) is 12.1 Å². The molecule has 0 heterocycles. The molecule has 9 nitrogen and oxygen atoms in total. The maximum Gasteiger partial charge on any atom is 0.341 e. The van der Waals surface area contributed by atoms with E-state index >= 15 is 0 Å². The summed E-state index contributed by atoms with van der Waals surface area (Å²) in [5.41, 5.74) is 5.97. The minimum Gasteiger partial charge on any atom is -0.449 e. The van der Waals surface area contributed by atoms with E-state index in [0.29, 0.717) is 11.3 Å². The highest BCUT2D eigenvalue weighted by atomic mass is 16.6. The Morgan fingerprint density at radius 3 is 2.48 bits per heavy atom. The summed E-state index contributed by atoms with van der Waals surface area (Å²) in [6, 6.07) is 9.63. The summed E-state index contributed by atoms with van der Waals surface area (Å²) < 4.78 is 5.06. The fourth-order valence-corrected chi connectivity index (χ4v) is 2.19. The summed E-state index contributed by atoms with van der Waals surface area (Å²) in [4.78, 5) is 45.8. The number of nitro benzene ring substituents is 1. The number of ether oxygens (including phenoxy) is 1. The number of amides is 1. The number of Topliss-reactive ketones (excluding diaryl/α,β-unsaturated/α-hetero) is 1. The molecule has 3 N–H and O–H groups in total. The molecule has 0 unspecified atom stereocenters. The molecule has 0 saturated carbocycles. The SMILES string of the molecule is CC(=O)c1cccc(NC(=O)[C@@H](C)OC(=O)c2ccc([N+](=O)[O-])cc2N)c1. The Balaban J connectivity index is 2.05. The van der Waals surface area contributed by atoms with Gasteiger partial charge in [0.15, 0.2) is 11.9 Å². The standard InChI is InChI=1S/C18H17N3O6/c1-10(22)12-4-3-5-13(8-12)20-17(23)11(2)27-18(24)15-7-6-14(21(25)26)9-16(15)19/h3-9,11H,19H2,1-2H3,(H,20,23)/t11-/m1/s1. The van der Waals surface area contributed by atoms with E-state index in [9.17, 15) is 24.5 Å². The smallest absolute Gasteiger partial charge is 0.341 e. The van der Waals surface area contributed by atoms with Crippen LogP contribution in [0.1, 0.15) is 34.6 Å². The summed E-state index contributed by atoms with van der Waals surface area (Å²) in [7, 11) is 0. The number of carbonyl (C=O) groups excluding carboxylic acids is 3. The van der Waals surface area contributed by atoms with Crippen molar-refractivity contribution in [2.24, 2.45) is 0 Å². The second kappa shape index (κ2) is 8.09. The minimum atomic E-state index is -1.16. The van der Waals surface area contributed by atoms with E-state index in [0.717, 1.165) is 18.2 Å². The summed E-state index contributed by atoms with van der Waals surface area (Å²) in [5.74, 6) is -1.65. The van der Waals surface area contributed by atoms with E-state index in [1.54, 1.807) is 18.2 Å². The molecule has 2 rings (SSSR count). The topological polar surface area (TPSA) is 142 Å². The second-order valence-corrected chi connectivity index (χ2v) is 5.70. The molecular weight excluding hydrogens is 354 g/mol. The normalized spacial score (nSPS) is 11.3. The molecule has 0 aliphatic rings. The highest BCUT2D eigenvalue weighted by molar-refractivity contribution is 6.00. The first-order valence-corrected chi connectivity index (χ1v) is 7.86. The van der Waals surface area contributed by atoms with Crippen molar-refractivity contribution in [3.8, 4) is 0 Å². The molecule has 0 aromatic heterocycles. The number of hydrogen-bond acceptors (Lipinski definition) is 7. The van der Waals surface area contributed by atoms with Crippen LogP contribution in [0.3, 0.4) is 0 Å². The third kappa shape index (κ3) is 4.88. The Morgan fingerprint density at radius 1 is 1.19 bits per heavy atom. The van der Waals surface area contributed by atoms with Gasteiger partial charge in [0.05, 0.1) is 16.2 Å². The highest BCUT2D eigenvalue weighted by Gasteiger charge is 2.22. The van der Waals surface area contributed by atoms with Crippen LogP contribution in [-0.4, -0.2) is 28.7 Å². The fourth-order valence-electron chi connectivity index (χ4n) is 2.19. The van der Waals surface area contributed by atoms with Crippen molar-refractivity contribution in [2.75, 3.05) is 11.1 Å². The number of non-ortho nitro benzene ring substituents is 1. The van der Waals surface area contributed by atoms with Crippen molar-refractivity contribution < 1.29 is 24.0 Å². The van der Waals surface area contributed by atoms with Gasteiger partial charge in [-0.15, -0.1) is 0 Å². The van der Waals surface area contributed by atoms with Crippen LogP contribution in [0.2, 0.25) is 0 Å². The number of nitrogens with zero attached hydrogens (tertiary/aromatic N) is 1. The molecular formula is C18H17N3O6. The zero-order valence-electron chi connectivity index (χ0n) is 14.6. The average molecular weight is 371 g/mol. The van der Waals surface area contributed by atoms with E-state index in [4.69, 9.17) is 10.5 Å². The van der Waals surface area contributed by atoms with Crippen molar-refractivity contribution in [1.29, 1.82) is 0 Å². The molecule has 0 aliphatic heterocycles. The zero-order chi connectivity index (χ0) is 20.1. The first-order valence-electron chi connectivity index (χ1n) is 7.86. The van der Waals surface area contributed by atoms with Gasteiger partial charge in [0, 0.05) is 23.4 Å². The van der Waals surface area contributed by atoms with Crippen molar-refractivity contribution in [2.45, 2.75) is 20.0 Å². The lowest BCUT2D eigenvalue weighted by Gasteiger charge is -2.14. The Morgan fingerprint density at radius 2 is 1.89 bits per heavy atom. The van der Waals surface area contributed by atoms with Gasteiger partial charge in [-0.05, 0) is 32.0 Å². The average Bonchev–Trinajstić information content (AvgIpc) is 2.61. The van der Waals surface area contributed by atoms with E-state index in [-0.39, 0.29) is 22.7 Å². The molecule has 0 aliphatic carbocycles. The highest BCUT2D eigenvalue weighted by Crippen LogP contribution is 2.21. The van der Waals surface area contributed by atoms with Gasteiger partial charge < -0.3 is 15.8 Å². The Bertz CT molecular complexity index is 925. The van der Waals surface area contributed by atoms with Crippen LogP contribution in [-0.2, 0) is 9.53 Å². The van der Waals surface area contributed by atoms with Gasteiger partial charge in [0.25, 0.3) is 11.6 Å². The van der Waals surface area contributed by atoms with Gasteiger partial charge in [-0.3, -0.25) is 19.7 Å². The van der Waals surface area contributed by atoms with Crippen LogP contribution in [0.25, 0.3) is 0 Å². The minimum absolute atomic E-state index is 0.0844. The molecule has 0 fully saturated rings. The maximum atomic E-state index is 12.2. The van der Waals surface area contributed by atoms with Crippen LogP contribution in [0.5, 0.6) is 0 Å². The number of carbonyl (C=O) groups is 3. The van der Waals surface area contributed by atoms with Gasteiger partial charge in [-0.2, -0.15) is 0 Å². The lowest BCUT2D eigenvalue weighted by atomic mass is 10.1. The molecule has 2 aromatic carbocycles. The van der Waals surface area contributed by atoms with Crippen LogP contribution in [0.15, 0.2) is 42.5 Å². The van der Waals surface area contributed by atoms with Gasteiger partial charge >= 0.3 is 5.97 Å². The third-order valence-electron chi connectivity index (χ3n) is 3.66. The van der Waals surface area contributed by atoms with E-state index in [1.165, 1.54) is 19.9 Å². The maximum absolute atomic E-state index is 12.2. The molecule has 27 heavy (non-hydrogen) atoms. The fraction of sp³-hybridized carbons (Fsp3) is 0.167. The Hall–Kier alpha value is -3.75. The predicted octanol–water partition coefficient (Wildman–Crippen LogP) is 2.56. The van der Waals surface area contributed by atoms with Crippen LogP contribution in [0.4, 0.5) is 17.1 Å². The van der Waals surface area contributed by atoms with E-state index in [2.05, 4.69) is 5.32 Å². The number of nitrogen functional groups attached to an aromatic ring is 1. The van der Waals surface area contributed by atoms with Crippen molar-refractivity contribution in [1.82, 2.24) is 0 Å². The zero-order valence-corrected chi connectivity index (χ0v) is 14.6. The van der Waals surface area contributed by atoms with Gasteiger partial charge in [0.1, 0.15) is 0 Å². The van der Waals surface area contributed by atoms with E-state index < -0.39 is 22.9 Å². The number of anilines is 2. The number of nitrogens with one attached hydrogen (secondary N) is 1. The molecule has 2 aromatic rings. The van der Waals surface area contributed by atoms with Gasteiger partial charge in [-0.25, -0.2) is 4.79 Å². The summed E-state index contributed by atoms with van der Waals surface area (Å²) in [6.45, 7) is 2.77. The monoisotopic (exact) mass is 371 g/mol. The molecule has 0 radical (unpaired) electrons. The molecule has 0 saturated heterocycles. The largest absolute Gasteiger partial charge is 0.449 e. The second-order valence-electron chi connectivity index (χ2n) is 5.70. The first kappa shape index (κ1) is 19.6. The number of hydrogen-bond donors (Lipinski definition) is 2. The van der Waals surface area contributed by atoms with E-state index in [1.807, 2.05) is 0 Å². The molecule has 1 amide bonds. The molecule has 9 heteroatoms. The molecule has 1 atom stereocenters. The quantitative estimate of drug-likeness (QED) is 0.261. The Labute approximate surface area is 154 Å². The first-order chi connectivity index (χ1) is 12.7.